The minimum absolute atomic E-state index is 0.0278. The first-order chi connectivity index (χ1) is 4.66. The number of aliphatic hydroxyl groups excluding tert-OH is 3. The molecule has 0 bridgehead atoms. The molecule has 3 heteroatoms. The molecule has 10 heavy (non-hydrogen) atoms. The van der Waals surface area contributed by atoms with E-state index in [2.05, 4.69) is 0 Å². The van der Waals surface area contributed by atoms with Gasteiger partial charge in [0, 0.05) is 12.5 Å². The molecule has 4 atom stereocenters. The van der Waals surface area contributed by atoms with Gasteiger partial charge >= 0.3 is 0 Å². The number of aliphatic hydroxyl groups is 3. The molecule has 1 aliphatic carbocycles. The van der Waals surface area contributed by atoms with Crippen molar-refractivity contribution in [1.82, 2.24) is 0 Å². The van der Waals surface area contributed by atoms with E-state index in [1.165, 1.54) is 0 Å². The summed E-state index contributed by atoms with van der Waals surface area (Å²) < 4.78 is 0. The second-order valence-electron chi connectivity index (χ2n) is 3.08. The number of hydrogen-bond acceptors (Lipinski definition) is 3. The zero-order valence-corrected chi connectivity index (χ0v) is 6.07. The molecule has 1 unspecified atom stereocenters. The Morgan fingerprint density at radius 3 is 2.10 bits per heavy atom. The van der Waals surface area contributed by atoms with Gasteiger partial charge in [-0.2, -0.15) is 0 Å². The van der Waals surface area contributed by atoms with Gasteiger partial charge in [0.15, 0.2) is 0 Å². The van der Waals surface area contributed by atoms with Crippen LogP contribution < -0.4 is 0 Å². The van der Waals surface area contributed by atoms with Gasteiger partial charge in [-0.15, -0.1) is 0 Å². The molecule has 1 fully saturated rings. The zero-order chi connectivity index (χ0) is 7.72. The Hall–Kier alpha value is -0.120. The van der Waals surface area contributed by atoms with Crippen LogP contribution in [0.25, 0.3) is 0 Å². The molecule has 0 aromatic heterocycles. The Morgan fingerprint density at radius 2 is 1.90 bits per heavy atom. The molecule has 0 aromatic rings. The topological polar surface area (TPSA) is 60.7 Å². The quantitative estimate of drug-likeness (QED) is 0.461. The Labute approximate surface area is 60.3 Å². The fourth-order valence-electron chi connectivity index (χ4n) is 1.56. The minimum Gasteiger partial charge on any atom is -0.396 e. The van der Waals surface area contributed by atoms with Gasteiger partial charge in [-0.05, 0) is 12.3 Å². The van der Waals surface area contributed by atoms with Crippen LogP contribution in [0.3, 0.4) is 0 Å². The van der Waals surface area contributed by atoms with Crippen molar-refractivity contribution in [2.24, 2.45) is 11.8 Å². The van der Waals surface area contributed by atoms with Crippen LogP contribution in [0.1, 0.15) is 13.3 Å². The monoisotopic (exact) mass is 146 g/mol. The van der Waals surface area contributed by atoms with Crippen molar-refractivity contribution in [3.63, 3.8) is 0 Å². The summed E-state index contributed by atoms with van der Waals surface area (Å²) >= 11 is 0. The number of hydrogen-bond donors (Lipinski definition) is 3. The molecule has 60 valence electrons. The third kappa shape index (κ3) is 1.17. The SMILES string of the molecule is CC1[C@@H](CO)[C@H](O)C[C@@H]1O. The van der Waals surface area contributed by atoms with Crippen LogP contribution in [0.2, 0.25) is 0 Å². The third-order valence-corrected chi connectivity index (χ3v) is 2.47. The molecule has 1 aliphatic rings. The largest absolute Gasteiger partial charge is 0.396 e. The van der Waals surface area contributed by atoms with E-state index < -0.39 is 12.2 Å². The molecule has 0 heterocycles. The Morgan fingerprint density at radius 1 is 1.30 bits per heavy atom. The van der Waals surface area contributed by atoms with E-state index in [0.29, 0.717) is 6.42 Å². The summed E-state index contributed by atoms with van der Waals surface area (Å²) in [6.45, 7) is 1.82. The Bertz CT molecular complexity index is 115. The first-order valence-corrected chi connectivity index (χ1v) is 3.63. The van der Waals surface area contributed by atoms with Crippen molar-refractivity contribution in [3.8, 4) is 0 Å². The van der Waals surface area contributed by atoms with Crippen molar-refractivity contribution < 1.29 is 15.3 Å². The maximum absolute atomic E-state index is 9.21. The van der Waals surface area contributed by atoms with E-state index in [1.807, 2.05) is 6.92 Å². The summed E-state index contributed by atoms with van der Waals surface area (Å²) in [7, 11) is 0. The average Bonchev–Trinajstić information content (AvgIpc) is 2.09. The van der Waals surface area contributed by atoms with Gasteiger partial charge in [0.2, 0.25) is 0 Å². The highest BCUT2D eigenvalue weighted by Gasteiger charge is 2.37. The predicted molar refractivity (Wildman–Crippen MR) is 36.4 cm³/mol. The molecule has 3 N–H and O–H groups in total. The van der Waals surface area contributed by atoms with Gasteiger partial charge in [0.05, 0.1) is 12.2 Å². The fraction of sp³-hybridized carbons (Fsp3) is 1.00. The molecule has 1 rings (SSSR count). The lowest BCUT2D eigenvalue weighted by atomic mass is 9.97. The van der Waals surface area contributed by atoms with E-state index in [9.17, 15) is 10.2 Å². The molecule has 1 saturated carbocycles. The summed E-state index contributed by atoms with van der Waals surface area (Å²) in [5.74, 6) is -0.102. The first-order valence-electron chi connectivity index (χ1n) is 3.63. The molecule has 0 aromatic carbocycles. The van der Waals surface area contributed by atoms with E-state index in [1.54, 1.807) is 0 Å². The number of rotatable bonds is 1. The summed E-state index contributed by atoms with van der Waals surface area (Å²) in [4.78, 5) is 0. The van der Waals surface area contributed by atoms with Crippen LogP contribution in [0, 0.1) is 11.8 Å². The van der Waals surface area contributed by atoms with Crippen molar-refractivity contribution in [2.45, 2.75) is 25.6 Å². The van der Waals surface area contributed by atoms with Crippen LogP contribution in [-0.2, 0) is 0 Å². The van der Waals surface area contributed by atoms with Gasteiger partial charge in [-0.1, -0.05) is 6.92 Å². The van der Waals surface area contributed by atoms with E-state index in [-0.39, 0.29) is 18.4 Å². The summed E-state index contributed by atoms with van der Waals surface area (Å²) in [5, 5.41) is 27.2. The zero-order valence-electron chi connectivity index (χ0n) is 6.07. The molecule has 3 nitrogen and oxygen atoms in total. The second kappa shape index (κ2) is 2.86. The van der Waals surface area contributed by atoms with Gasteiger partial charge < -0.3 is 15.3 Å². The van der Waals surface area contributed by atoms with Crippen molar-refractivity contribution in [2.75, 3.05) is 6.61 Å². The van der Waals surface area contributed by atoms with Crippen molar-refractivity contribution in [1.29, 1.82) is 0 Å². The van der Waals surface area contributed by atoms with Crippen molar-refractivity contribution in [3.05, 3.63) is 0 Å². The van der Waals surface area contributed by atoms with Crippen molar-refractivity contribution >= 4 is 0 Å². The van der Waals surface area contributed by atoms with E-state index in [0.717, 1.165) is 0 Å². The molecule has 0 amide bonds. The normalized spacial score (nSPS) is 48.0. The summed E-state index contributed by atoms with van der Waals surface area (Å²) in [6.07, 6.45) is -0.547. The average molecular weight is 146 g/mol. The lowest BCUT2D eigenvalue weighted by Crippen LogP contribution is -2.22. The Balaban J connectivity index is 2.55. The van der Waals surface area contributed by atoms with Crippen LogP contribution >= 0.6 is 0 Å². The van der Waals surface area contributed by atoms with Crippen LogP contribution in [-0.4, -0.2) is 34.1 Å². The standard InChI is InChI=1S/C7H14O3/c1-4-5(3-8)7(10)2-6(4)9/h4-10H,2-3H2,1H3/t4?,5-,6+,7-/m1/s1. The lowest BCUT2D eigenvalue weighted by Gasteiger charge is -2.15. The maximum atomic E-state index is 9.21. The first kappa shape index (κ1) is 7.98. The second-order valence-corrected chi connectivity index (χ2v) is 3.08. The highest BCUT2D eigenvalue weighted by molar-refractivity contribution is 4.87. The van der Waals surface area contributed by atoms with Gasteiger partial charge in [-0.3, -0.25) is 0 Å². The molecule has 0 saturated heterocycles. The Kier molecular flexibility index (Phi) is 2.28. The molecular formula is C7H14O3. The molecule has 0 spiro atoms. The maximum Gasteiger partial charge on any atom is 0.0618 e. The van der Waals surface area contributed by atoms with Crippen LogP contribution in [0.4, 0.5) is 0 Å². The highest BCUT2D eigenvalue weighted by atomic mass is 16.3. The molecule has 0 radical (unpaired) electrons. The van der Waals surface area contributed by atoms with Crippen LogP contribution in [0.5, 0.6) is 0 Å². The van der Waals surface area contributed by atoms with Gasteiger partial charge in [-0.25, -0.2) is 0 Å². The highest BCUT2D eigenvalue weighted by Crippen LogP contribution is 2.31. The van der Waals surface area contributed by atoms with Crippen LogP contribution in [0.15, 0.2) is 0 Å². The van der Waals surface area contributed by atoms with E-state index in [4.69, 9.17) is 5.11 Å². The summed E-state index contributed by atoms with van der Waals surface area (Å²) in [6, 6.07) is 0. The molecule has 0 aliphatic heterocycles. The summed E-state index contributed by atoms with van der Waals surface area (Å²) in [5.41, 5.74) is 0. The van der Waals surface area contributed by atoms with E-state index >= 15 is 0 Å². The fourth-order valence-corrected chi connectivity index (χ4v) is 1.56. The predicted octanol–water partition coefficient (Wildman–Crippen LogP) is -0.644. The lowest BCUT2D eigenvalue weighted by molar-refractivity contribution is 0.0728. The van der Waals surface area contributed by atoms with Gasteiger partial charge in [0.25, 0.3) is 0 Å². The minimum atomic E-state index is -0.519. The smallest absolute Gasteiger partial charge is 0.0618 e. The third-order valence-electron chi connectivity index (χ3n) is 2.47. The molecular weight excluding hydrogens is 132 g/mol. The van der Waals surface area contributed by atoms with Gasteiger partial charge in [0.1, 0.15) is 0 Å².